The van der Waals surface area contributed by atoms with Gasteiger partial charge in [0.1, 0.15) is 0 Å². The second-order valence-corrected chi connectivity index (χ2v) is 13.0. The summed E-state index contributed by atoms with van der Waals surface area (Å²) in [6, 6.07) is 6.72. The summed E-state index contributed by atoms with van der Waals surface area (Å²) in [6.07, 6.45) is 8.55. The van der Waals surface area contributed by atoms with Crippen molar-refractivity contribution in [1.29, 1.82) is 0 Å². The van der Waals surface area contributed by atoms with Crippen molar-refractivity contribution in [2.24, 2.45) is 9.98 Å². The van der Waals surface area contributed by atoms with Crippen LogP contribution in [0.3, 0.4) is 0 Å². The van der Waals surface area contributed by atoms with Gasteiger partial charge in [0.15, 0.2) is 0 Å². The predicted molar refractivity (Wildman–Crippen MR) is 151 cm³/mol. The molecule has 2 N–H and O–H groups in total. The van der Waals surface area contributed by atoms with Crippen LogP contribution in [0.25, 0.3) is 0 Å². The zero-order chi connectivity index (χ0) is 34.2. The maximum atomic E-state index is 8.49. The minimum absolute atomic E-state index is 0. The molecule has 0 aliphatic carbocycles. The van der Waals surface area contributed by atoms with Gasteiger partial charge in [-0.15, -0.1) is 20.5 Å². The number of nitrogens with one attached hydrogen (secondary N) is 2. The first-order valence-corrected chi connectivity index (χ1v) is 16.7. The number of rotatable bonds is 18. The molecule has 0 aliphatic rings. The smallest absolute Gasteiger partial charge is 0.317 e. The number of halogens is 2. The van der Waals surface area contributed by atoms with E-state index in [1.165, 1.54) is 18.4 Å². The van der Waals surface area contributed by atoms with Gasteiger partial charge in [-0.1, -0.05) is 20.8 Å². The summed E-state index contributed by atoms with van der Waals surface area (Å²) >= 11 is 0. The van der Waals surface area contributed by atoms with E-state index in [2.05, 4.69) is 97.6 Å². The van der Waals surface area contributed by atoms with Gasteiger partial charge in [-0.3, -0.25) is 9.98 Å². The van der Waals surface area contributed by atoms with Crippen LogP contribution in [0.5, 0.6) is 0 Å². The Kier molecular flexibility index (Phi) is 33.8. The Morgan fingerprint density at radius 1 is 0.609 bits per heavy atom. The molecule has 0 spiro atoms. The standard InChI is InChI=1S/C28H52N6.2ClHO4.2Cu/c1-28(2,3)27-21-25(23-31-14-8-12-29-16-10-18-33(4)5)20-26(22-27)24-32-15-9-13-30-17-11-19-34(6)7;2*2-1(3,4)5;;/h20-24,29-30H,8-19H2,1-7H3;2*(H,2,3,4,5);;/q;;;2*+1/p-2. The van der Waals surface area contributed by atoms with Crippen LogP contribution in [-0.2, 0) is 39.6 Å². The Labute approximate surface area is 300 Å². The van der Waals surface area contributed by atoms with Gasteiger partial charge in [-0.05, 0) is 133 Å². The van der Waals surface area contributed by atoms with Crippen molar-refractivity contribution in [2.45, 2.75) is 51.9 Å². The first-order chi connectivity index (χ1) is 20.2. The third-order valence-corrected chi connectivity index (χ3v) is 5.52. The van der Waals surface area contributed by atoms with E-state index >= 15 is 0 Å². The van der Waals surface area contributed by atoms with Gasteiger partial charge in [0.05, 0.1) is 0 Å². The molecule has 46 heavy (non-hydrogen) atoms. The Morgan fingerprint density at radius 3 is 1.20 bits per heavy atom. The Morgan fingerprint density at radius 2 is 0.913 bits per heavy atom. The van der Waals surface area contributed by atoms with E-state index < -0.39 is 20.5 Å². The summed E-state index contributed by atoms with van der Waals surface area (Å²) in [5.74, 6) is 0. The van der Waals surface area contributed by atoms with Crippen molar-refractivity contribution in [2.75, 3.05) is 80.5 Å². The summed E-state index contributed by atoms with van der Waals surface area (Å²) in [5, 5.41) is 7.01. The molecular formula is C28H52Cl2Cu2N6O8. The number of nitrogens with zero attached hydrogens (tertiary/aromatic N) is 4. The predicted octanol–water partition coefficient (Wildman–Crippen LogP) is -5.83. The van der Waals surface area contributed by atoms with E-state index in [9.17, 15) is 0 Å². The molecule has 14 nitrogen and oxygen atoms in total. The Bertz CT molecular complexity index is 843. The van der Waals surface area contributed by atoms with Crippen molar-refractivity contribution in [1.82, 2.24) is 20.4 Å². The SMILES string of the molecule is CN(C)CCCNCCCN=Cc1cc(C=NCCCNCCCN(C)C)cc(C(C)(C)C)c1.[Cu+].[Cu+].[O-][Cl+3]([O-])([O-])[O-].[O-][Cl+3]([O-])([O-])[O-]. The maximum Gasteiger partial charge on any atom is 1.00 e. The van der Waals surface area contributed by atoms with Crippen molar-refractivity contribution in [3.63, 3.8) is 0 Å². The van der Waals surface area contributed by atoms with E-state index in [1.54, 1.807) is 0 Å². The normalized spacial score (nSPS) is 12.0. The zero-order valence-electron chi connectivity index (χ0n) is 27.8. The molecular weight excluding hydrogens is 746 g/mol. The molecule has 0 bridgehead atoms. The molecule has 278 valence electrons. The van der Waals surface area contributed by atoms with Crippen LogP contribution < -0.4 is 47.9 Å². The zero-order valence-corrected chi connectivity index (χ0v) is 31.2. The largest absolute Gasteiger partial charge is 1.00 e. The fourth-order valence-electron chi connectivity index (χ4n) is 3.48. The Hall–Kier alpha value is -0.301. The van der Waals surface area contributed by atoms with E-state index in [0.717, 1.165) is 76.3 Å². The first kappa shape index (κ1) is 52.5. The summed E-state index contributed by atoms with van der Waals surface area (Å²) in [7, 11) is -1.41. The van der Waals surface area contributed by atoms with Crippen LogP contribution >= 0.6 is 0 Å². The molecule has 1 rings (SSSR count). The Balaban J connectivity index is -0.000000636. The fraction of sp³-hybridized carbons (Fsp3) is 0.714. The second kappa shape index (κ2) is 29.6. The molecule has 1 aromatic carbocycles. The van der Waals surface area contributed by atoms with E-state index in [-0.39, 0.29) is 39.6 Å². The van der Waals surface area contributed by atoms with Crippen molar-refractivity contribution in [3.8, 4) is 0 Å². The molecule has 0 heterocycles. The number of benzene rings is 1. The van der Waals surface area contributed by atoms with Crippen LogP contribution in [0.4, 0.5) is 0 Å². The third kappa shape index (κ3) is 45.8. The molecule has 0 radical (unpaired) electrons. The topological polar surface area (TPSA) is 240 Å². The molecule has 0 saturated carbocycles. The van der Waals surface area contributed by atoms with E-state index in [0.29, 0.717) is 0 Å². The van der Waals surface area contributed by atoms with Crippen molar-refractivity contribution < 1.29 is 91.9 Å². The minimum atomic E-state index is -4.94. The van der Waals surface area contributed by atoms with Gasteiger partial charge in [-0.25, -0.2) is 37.3 Å². The third-order valence-electron chi connectivity index (χ3n) is 5.52. The van der Waals surface area contributed by atoms with E-state index in [1.807, 2.05) is 12.4 Å². The van der Waals surface area contributed by atoms with Crippen LogP contribution in [0.2, 0.25) is 0 Å². The van der Waals surface area contributed by atoms with Crippen LogP contribution in [0.1, 0.15) is 63.1 Å². The molecule has 18 heteroatoms. The molecule has 0 aliphatic heterocycles. The maximum absolute atomic E-state index is 8.49. The second-order valence-electron chi connectivity index (χ2n) is 11.5. The van der Waals surface area contributed by atoms with Gasteiger partial charge in [0, 0.05) is 25.5 Å². The van der Waals surface area contributed by atoms with Crippen molar-refractivity contribution >= 4 is 12.4 Å². The van der Waals surface area contributed by atoms with Gasteiger partial charge >= 0.3 is 34.1 Å². The average molecular weight is 799 g/mol. The molecule has 1 aromatic rings. The molecule has 0 aromatic heterocycles. The summed E-state index contributed by atoms with van der Waals surface area (Å²) < 4.78 is 67.9. The number of hydrogen-bond donors (Lipinski definition) is 2. The minimum Gasteiger partial charge on any atom is -0.317 e. The number of hydrogen-bond acceptors (Lipinski definition) is 14. The molecule has 0 amide bonds. The monoisotopic (exact) mass is 796 g/mol. The average Bonchev–Trinajstić information content (AvgIpc) is 2.83. The fourth-order valence-corrected chi connectivity index (χ4v) is 3.48. The summed E-state index contributed by atoms with van der Waals surface area (Å²) in [4.78, 5) is 13.8. The quantitative estimate of drug-likeness (QED) is 0.0803. The van der Waals surface area contributed by atoms with Crippen LogP contribution in [-0.4, -0.2) is 103 Å². The van der Waals surface area contributed by atoms with Crippen molar-refractivity contribution in [3.05, 3.63) is 34.9 Å². The molecule has 0 atom stereocenters. The van der Waals surface area contributed by atoms with Gasteiger partial charge < -0.3 is 20.4 Å². The van der Waals surface area contributed by atoms with Crippen LogP contribution in [0, 0.1) is 20.5 Å². The van der Waals surface area contributed by atoms with Gasteiger partial charge in [-0.2, -0.15) is 0 Å². The van der Waals surface area contributed by atoms with Crippen LogP contribution in [0.15, 0.2) is 28.2 Å². The van der Waals surface area contributed by atoms with E-state index in [4.69, 9.17) is 37.3 Å². The molecule has 0 saturated heterocycles. The molecule has 0 unspecified atom stereocenters. The van der Waals surface area contributed by atoms with Gasteiger partial charge in [0.25, 0.3) is 0 Å². The summed E-state index contributed by atoms with van der Waals surface area (Å²) in [5.41, 5.74) is 3.74. The first-order valence-electron chi connectivity index (χ1n) is 14.3. The summed E-state index contributed by atoms with van der Waals surface area (Å²) in [6.45, 7) is 14.9. The number of aliphatic imine (C=N–C) groups is 2. The molecule has 0 fully saturated rings. The van der Waals surface area contributed by atoms with Gasteiger partial charge in [0.2, 0.25) is 0 Å².